The number of piperidine rings is 1. The third-order valence-electron chi connectivity index (χ3n) is 6.18. The summed E-state index contributed by atoms with van der Waals surface area (Å²) in [6, 6.07) is 16.5. The zero-order valence-corrected chi connectivity index (χ0v) is 17.4. The third kappa shape index (κ3) is 4.56. The van der Waals surface area contributed by atoms with Gasteiger partial charge in [0, 0.05) is 39.8 Å². The van der Waals surface area contributed by atoms with Crippen molar-refractivity contribution >= 4 is 5.91 Å². The molecule has 1 atom stereocenters. The molecular weight excluding hydrogens is 383 g/mol. The summed E-state index contributed by atoms with van der Waals surface area (Å²) in [6.07, 6.45) is 1.46. The molecule has 0 N–H and O–H groups in total. The maximum Gasteiger partial charge on any atom is 0.256 e. The van der Waals surface area contributed by atoms with E-state index < -0.39 is 5.82 Å². The quantitative estimate of drug-likeness (QED) is 0.754. The SMILES string of the molecule is COCCN1C[C@@H](c2ccccc2)OC2(CCN(C(=O)c3ccccc3F)CC2)C1. The summed E-state index contributed by atoms with van der Waals surface area (Å²) in [7, 11) is 1.72. The van der Waals surface area contributed by atoms with Crippen molar-refractivity contribution in [2.45, 2.75) is 24.5 Å². The molecule has 2 heterocycles. The van der Waals surface area contributed by atoms with E-state index in [1.807, 2.05) is 18.2 Å². The molecule has 30 heavy (non-hydrogen) atoms. The minimum absolute atomic E-state index is 0.00868. The Morgan fingerprint density at radius 3 is 2.53 bits per heavy atom. The number of methoxy groups -OCH3 is 1. The number of nitrogens with zero attached hydrogens (tertiary/aromatic N) is 2. The highest BCUT2D eigenvalue weighted by Crippen LogP contribution is 2.38. The molecular formula is C24H29FN2O3. The van der Waals surface area contributed by atoms with Gasteiger partial charge in [-0.1, -0.05) is 42.5 Å². The van der Waals surface area contributed by atoms with E-state index in [1.54, 1.807) is 30.2 Å². The van der Waals surface area contributed by atoms with Gasteiger partial charge >= 0.3 is 0 Å². The van der Waals surface area contributed by atoms with Crippen LogP contribution in [0.2, 0.25) is 0 Å². The van der Waals surface area contributed by atoms with E-state index in [2.05, 4.69) is 17.0 Å². The number of likely N-dealkylation sites (tertiary alicyclic amines) is 1. The maximum absolute atomic E-state index is 14.1. The van der Waals surface area contributed by atoms with Crippen LogP contribution in [0.15, 0.2) is 54.6 Å². The Morgan fingerprint density at radius 2 is 1.83 bits per heavy atom. The van der Waals surface area contributed by atoms with Crippen LogP contribution in [0.25, 0.3) is 0 Å². The minimum Gasteiger partial charge on any atom is -0.383 e. The van der Waals surface area contributed by atoms with Crippen molar-refractivity contribution in [2.24, 2.45) is 0 Å². The minimum atomic E-state index is -0.466. The van der Waals surface area contributed by atoms with Crippen LogP contribution in [0.3, 0.4) is 0 Å². The van der Waals surface area contributed by atoms with Crippen LogP contribution in [0.1, 0.15) is 34.9 Å². The van der Waals surface area contributed by atoms with Gasteiger partial charge < -0.3 is 14.4 Å². The molecule has 0 saturated carbocycles. The van der Waals surface area contributed by atoms with E-state index in [9.17, 15) is 9.18 Å². The number of carbonyl (C=O) groups excluding carboxylic acids is 1. The summed E-state index contributed by atoms with van der Waals surface area (Å²) in [4.78, 5) is 17.0. The molecule has 0 aromatic heterocycles. The van der Waals surface area contributed by atoms with Gasteiger partial charge in [0.1, 0.15) is 5.82 Å². The van der Waals surface area contributed by atoms with Crippen molar-refractivity contribution in [1.29, 1.82) is 0 Å². The van der Waals surface area contributed by atoms with Crippen LogP contribution >= 0.6 is 0 Å². The number of amides is 1. The summed E-state index contributed by atoms with van der Waals surface area (Å²) < 4.78 is 26.0. The Bertz CT molecular complexity index is 853. The molecule has 6 heteroatoms. The highest BCUT2D eigenvalue weighted by atomic mass is 19.1. The zero-order chi connectivity index (χ0) is 21.0. The summed E-state index contributed by atoms with van der Waals surface area (Å²) in [5.74, 6) is -0.707. The largest absolute Gasteiger partial charge is 0.383 e. The van der Waals surface area contributed by atoms with E-state index in [1.165, 1.54) is 11.6 Å². The van der Waals surface area contributed by atoms with Gasteiger partial charge in [0.2, 0.25) is 0 Å². The lowest BCUT2D eigenvalue weighted by Crippen LogP contribution is -2.58. The average molecular weight is 413 g/mol. The second-order valence-corrected chi connectivity index (χ2v) is 8.20. The van der Waals surface area contributed by atoms with Crippen LogP contribution in [0, 0.1) is 5.82 Å². The van der Waals surface area contributed by atoms with Crippen LogP contribution in [0.5, 0.6) is 0 Å². The number of halogens is 1. The Labute approximate surface area is 177 Å². The Kier molecular flexibility index (Phi) is 6.46. The van der Waals surface area contributed by atoms with Gasteiger partial charge in [-0.25, -0.2) is 4.39 Å². The van der Waals surface area contributed by atoms with E-state index in [0.717, 1.165) is 32.5 Å². The number of morpholine rings is 1. The van der Waals surface area contributed by atoms with E-state index in [-0.39, 0.29) is 23.2 Å². The predicted octanol–water partition coefficient (Wildman–Crippen LogP) is 3.52. The first-order valence-corrected chi connectivity index (χ1v) is 10.6. The monoisotopic (exact) mass is 412 g/mol. The lowest BCUT2D eigenvalue weighted by molar-refractivity contribution is -0.177. The number of hydrogen-bond acceptors (Lipinski definition) is 4. The van der Waals surface area contributed by atoms with Gasteiger partial charge in [-0.05, 0) is 30.5 Å². The van der Waals surface area contributed by atoms with Gasteiger partial charge in [-0.3, -0.25) is 9.69 Å². The molecule has 2 aliphatic heterocycles. The average Bonchev–Trinajstić information content (AvgIpc) is 2.78. The van der Waals surface area contributed by atoms with Gasteiger partial charge in [0.15, 0.2) is 0 Å². The number of benzene rings is 2. The Hall–Kier alpha value is -2.28. The van der Waals surface area contributed by atoms with Crippen molar-refractivity contribution in [3.8, 4) is 0 Å². The number of hydrogen-bond donors (Lipinski definition) is 0. The zero-order valence-electron chi connectivity index (χ0n) is 17.4. The molecule has 0 bridgehead atoms. The standard InChI is InChI=1S/C24H29FN2O3/c1-29-16-15-26-17-22(19-7-3-2-4-8-19)30-24(18-26)11-13-27(14-12-24)23(28)20-9-5-6-10-21(20)25/h2-10,22H,11-18H2,1H3/t22-/m0/s1. The fourth-order valence-electron chi connectivity index (χ4n) is 4.51. The van der Waals surface area contributed by atoms with Gasteiger partial charge in [-0.15, -0.1) is 0 Å². The van der Waals surface area contributed by atoms with E-state index in [4.69, 9.17) is 9.47 Å². The second-order valence-electron chi connectivity index (χ2n) is 8.20. The molecule has 0 aliphatic carbocycles. The smallest absolute Gasteiger partial charge is 0.256 e. The lowest BCUT2D eigenvalue weighted by atomic mass is 9.87. The maximum atomic E-state index is 14.1. The van der Waals surface area contributed by atoms with Crippen LogP contribution in [-0.2, 0) is 9.47 Å². The van der Waals surface area contributed by atoms with Crippen LogP contribution in [-0.4, -0.2) is 67.7 Å². The van der Waals surface area contributed by atoms with Crippen molar-refractivity contribution in [3.05, 3.63) is 71.5 Å². The van der Waals surface area contributed by atoms with Crippen molar-refractivity contribution < 1.29 is 18.7 Å². The molecule has 2 aliphatic rings. The fourth-order valence-corrected chi connectivity index (χ4v) is 4.51. The van der Waals surface area contributed by atoms with E-state index >= 15 is 0 Å². The molecule has 2 aromatic rings. The molecule has 0 radical (unpaired) electrons. The first-order valence-electron chi connectivity index (χ1n) is 10.6. The topological polar surface area (TPSA) is 42.0 Å². The lowest BCUT2D eigenvalue weighted by Gasteiger charge is -2.50. The highest BCUT2D eigenvalue weighted by Gasteiger charge is 2.44. The first-order chi connectivity index (χ1) is 14.6. The van der Waals surface area contributed by atoms with Crippen LogP contribution < -0.4 is 0 Å². The van der Waals surface area contributed by atoms with Gasteiger partial charge in [0.05, 0.1) is 23.9 Å². The summed E-state index contributed by atoms with van der Waals surface area (Å²) in [5, 5.41) is 0. The first kappa shape index (κ1) is 21.0. The molecule has 2 fully saturated rings. The molecule has 0 unspecified atom stereocenters. The van der Waals surface area contributed by atoms with Gasteiger partial charge in [-0.2, -0.15) is 0 Å². The molecule has 2 aromatic carbocycles. The molecule has 2 saturated heterocycles. The van der Waals surface area contributed by atoms with E-state index in [0.29, 0.717) is 19.7 Å². The second kappa shape index (κ2) is 9.25. The highest BCUT2D eigenvalue weighted by molar-refractivity contribution is 5.94. The summed E-state index contributed by atoms with van der Waals surface area (Å²) in [6.45, 7) is 4.30. The molecule has 4 rings (SSSR count). The van der Waals surface area contributed by atoms with Crippen molar-refractivity contribution in [3.63, 3.8) is 0 Å². The predicted molar refractivity (Wildman–Crippen MR) is 113 cm³/mol. The third-order valence-corrected chi connectivity index (χ3v) is 6.18. The Balaban J connectivity index is 1.47. The molecule has 1 amide bonds. The Morgan fingerprint density at radius 1 is 1.13 bits per heavy atom. The van der Waals surface area contributed by atoms with Crippen molar-refractivity contribution in [1.82, 2.24) is 9.80 Å². The van der Waals surface area contributed by atoms with Crippen molar-refractivity contribution in [2.75, 3.05) is 46.4 Å². The van der Waals surface area contributed by atoms with Gasteiger partial charge in [0.25, 0.3) is 5.91 Å². The molecule has 1 spiro atoms. The summed E-state index contributed by atoms with van der Waals surface area (Å²) >= 11 is 0. The van der Waals surface area contributed by atoms with Crippen LogP contribution in [0.4, 0.5) is 4.39 Å². The molecule has 160 valence electrons. The number of rotatable bonds is 5. The number of ether oxygens (including phenoxy) is 2. The summed E-state index contributed by atoms with van der Waals surface area (Å²) in [5.41, 5.74) is 1.00. The molecule has 5 nitrogen and oxygen atoms in total. The number of carbonyl (C=O) groups is 1. The fraction of sp³-hybridized carbons (Fsp3) is 0.458. The normalized spacial score (nSPS) is 21.7.